The van der Waals surface area contributed by atoms with Crippen molar-refractivity contribution in [1.29, 1.82) is 0 Å². The molecule has 3 rings (SSSR count). The first kappa shape index (κ1) is 16.8. The van der Waals surface area contributed by atoms with Crippen molar-refractivity contribution in [3.63, 3.8) is 0 Å². The second-order valence-corrected chi connectivity index (χ2v) is 6.75. The van der Waals surface area contributed by atoms with Gasteiger partial charge < -0.3 is 15.0 Å². The number of nitrogens with zero attached hydrogens (tertiary/aromatic N) is 1. The monoisotopic (exact) mass is 388 g/mol. The minimum absolute atomic E-state index is 0.150. The molecule has 126 valence electrons. The number of carbonyl (C=O) groups excluding carboxylic acids is 1. The zero-order chi connectivity index (χ0) is 16.9. The topological polar surface area (TPSA) is 41.6 Å². The molecule has 24 heavy (non-hydrogen) atoms. The molecule has 0 radical (unpaired) electrons. The number of hydrogen-bond acceptors (Lipinski definition) is 3. The summed E-state index contributed by atoms with van der Waals surface area (Å²) >= 11 is 3.46. The number of carbonyl (C=O) groups is 1. The second kappa shape index (κ2) is 7.71. The maximum atomic E-state index is 12.3. The van der Waals surface area contributed by atoms with E-state index in [0.717, 1.165) is 53.0 Å². The number of benzene rings is 2. The van der Waals surface area contributed by atoms with Crippen molar-refractivity contribution in [3.05, 3.63) is 46.9 Å². The zero-order valence-corrected chi connectivity index (χ0v) is 15.3. The highest BCUT2D eigenvalue weighted by molar-refractivity contribution is 9.10. The maximum absolute atomic E-state index is 12.3. The van der Waals surface area contributed by atoms with Crippen LogP contribution in [0.2, 0.25) is 0 Å². The lowest BCUT2D eigenvalue weighted by Gasteiger charge is -2.19. The molecule has 1 saturated heterocycles. The van der Waals surface area contributed by atoms with Gasteiger partial charge in [0.05, 0.1) is 13.7 Å². The number of anilines is 1. The second-order valence-electron chi connectivity index (χ2n) is 5.83. The molecule has 1 fully saturated rings. The van der Waals surface area contributed by atoms with E-state index in [4.69, 9.17) is 4.74 Å². The van der Waals surface area contributed by atoms with E-state index in [1.165, 1.54) is 0 Å². The number of hydrogen-bond donors (Lipinski definition) is 1. The van der Waals surface area contributed by atoms with Gasteiger partial charge in [-0.3, -0.25) is 4.79 Å². The number of rotatable bonds is 5. The first-order valence-corrected chi connectivity index (χ1v) is 8.93. The lowest BCUT2D eigenvalue weighted by Crippen LogP contribution is -2.33. The van der Waals surface area contributed by atoms with Gasteiger partial charge >= 0.3 is 0 Å². The van der Waals surface area contributed by atoms with Crippen LogP contribution in [-0.4, -0.2) is 37.6 Å². The van der Waals surface area contributed by atoms with Crippen LogP contribution in [0.5, 0.6) is 5.75 Å². The highest BCUT2D eigenvalue weighted by Gasteiger charge is 2.18. The van der Waals surface area contributed by atoms with E-state index in [-0.39, 0.29) is 5.91 Å². The summed E-state index contributed by atoms with van der Waals surface area (Å²) in [5.41, 5.74) is 2.93. The third-order valence-corrected chi connectivity index (χ3v) is 4.80. The van der Waals surface area contributed by atoms with Crippen LogP contribution in [0.25, 0.3) is 11.1 Å². The molecule has 0 unspecified atom stereocenters. The molecular formula is C19H21BrN2O2. The number of methoxy groups -OCH3 is 1. The molecule has 5 heteroatoms. The number of halogens is 1. The number of likely N-dealkylation sites (tertiary alicyclic amines) is 1. The summed E-state index contributed by atoms with van der Waals surface area (Å²) in [6, 6.07) is 13.9. The fraction of sp³-hybridized carbons (Fsp3) is 0.316. The van der Waals surface area contributed by atoms with Crippen molar-refractivity contribution in [2.24, 2.45) is 0 Å². The van der Waals surface area contributed by atoms with Gasteiger partial charge in [0, 0.05) is 28.8 Å². The molecular weight excluding hydrogens is 368 g/mol. The highest BCUT2D eigenvalue weighted by Crippen LogP contribution is 2.37. The summed E-state index contributed by atoms with van der Waals surface area (Å²) in [5, 5.41) is 3.29. The Kier molecular flexibility index (Phi) is 5.41. The SMILES string of the molecule is COc1cccc(NCC(=O)N2CCCC2)c1-c1ccc(Br)cc1. The van der Waals surface area contributed by atoms with Gasteiger partial charge in [0.25, 0.3) is 0 Å². The van der Waals surface area contributed by atoms with Crippen LogP contribution in [0.4, 0.5) is 5.69 Å². The molecule has 1 amide bonds. The first-order valence-electron chi connectivity index (χ1n) is 8.13. The van der Waals surface area contributed by atoms with E-state index in [1.54, 1.807) is 7.11 Å². The Morgan fingerprint density at radius 3 is 2.54 bits per heavy atom. The van der Waals surface area contributed by atoms with Gasteiger partial charge in [-0.25, -0.2) is 0 Å². The molecule has 2 aromatic rings. The normalized spacial score (nSPS) is 13.8. The average molecular weight is 389 g/mol. The molecule has 0 atom stereocenters. The molecule has 1 heterocycles. The van der Waals surface area contributed by atoms with Gasteiger partial charge in [-0.1, -0.05) is 34.1 Å². The summed E-state index contributed by atoms with van der Waals surface area (Å²) < 4.78 is 6.56. The molecule has 0 aromatic heterocycles. The number of amides is 1. The van der Waals surface area contributed by atoms with Crippen molar-refractivity contribution >= 4 is 27.5 Å². The van der Waals surface area contributed by atoms with E-state index >= 15 is 0 Å². The van der Waals surface area contributed by atoms with E-state index in [1.807, 2.05) is 47.4 Å². The summed E-state index contributed by atoms with van der Waals surface area (Å²) in [6.45, 7) is 2.05. The predicted molar refractivity (Wildman–Crippen MR) is 100 cm³/mol. The van der Waals surface area contributed by atoms with Gasteiger partial charge in [-0.2, -0.15) is 0 Å². The van der Waals surface area contributed by atoms with Gasteiger partial charge in [0.2, 0.25) is 5.91 Å². The van der Waals surface area contributed by atoms with E-state index in [9.17, 15) is 4.79 Å². The number of ether oxygens (including phenoxy) is 1. The quantitative estimate of drug-likeness (QED) is 0.835. The Balaban J connectivity index is 1.84. The number of nitrogens with one attached hydrogen (secondary N) is 1. The molecule has 1 aliphatic heterocycles. The van der Waals surface area contributed by atoms with Crippen LogP contribution < -0.4 is 10.1 Å². The van der Waals surface area contributed by atoms with Crippen LogP contribution in [0.15, 0.2) is 46.9 Å². The summed E-state index contributed by atoms with van der Waals surface area (Å²) in [4.78, 5) is 14.2. The van der Waals surface area contributed by atoms with Crippen LogP contribution in [-0.2, 0) is 4.79 Å². The van der Waals surface area contributed by atoms with Gasteiger partial charge in [0.1, 0.15) is 5.75 Å². The Bertz CT molecular complexity index is 710. The average Bonchev–Trinajstić information content (AvgIpc) is 3.15. The molecule has 1 N–H and O–H groups in total. The molecule has 1 aliphatic rings. The van der Waals surface area contributed by atoms with Crippen molar-refractivity contribution in [3.8, 4) is 16.9 Å². The smallest absolute Gasteiger partial charge is 0.241 e. The van der Waals surface area contributed by atoms with Gasteiger partial charge in [0.15, 0.2) is 0 Å². The molecule has 2 aromatic carbocycles. The minimum atomic E-state index is 0.150. The Hall–Kier alpha value is -2.01. The molecule has 0 bridgehead atoms. The van der Waals surface area contributed by atoms with Crippen LogP contribution >= 0.6 is 15.9 Å². The molecule has 4 nitrogen and oxygen atoms in total. The van der Waals surface area contributed by atoms with Crippen LogP contribution in [0.1, 0.15) is 12.8 Å². The van der Waals surface area contributed by atoms with Crippen molar-refractivity contribution in [1.82, 2.24) is 4.90 Å². The highest BCUT2D eigenvalue weighted by atomic mass is 79.9. The van der Waals surface area contributed by atoms with Gasteiger partial charge in [-0.15, -0.1) is 0 Å². The fourth-order valence-corrected chi connectivity index (χ4v) is 3.28. The maximum Gasteiger partial charge on any atom is 0.241 e. The standard InChI is InChI=1S/C19H21BrN2O2/c1-24-17-6-4-5-16(19(17)14-7-9-15(20)10-8-14)21-13-18(23)22-11-2-3-12-22/h4-10,21H,2-3,11-13H2,1H3. The Morgan fingerprint density at radius 1 is 1.17 bits per heavy atom. The largest absolute Gasteiger partial charge is 0.496 e. The third kappa shape index (κ3) is 3.73. The van der Waals surface area contributed by atoms with Crippen LogP contribution in [0, 0.1) is 0 Å². The third-order valence-electron chi connectivity index (χ3n) is 4.27. The van der Waals surface area contributed by atoms with Gasteiger partial charge in [-0.05, 0) is 42.7 Å². The van der Waals surface area contributed by atoms with E-state index in [2.05, 4.69) is 21.2 Å². The summed E-state index contributed by atoms with van der Waals surface area (Å²) in [5.74, 6) is 0.938. The van der Waals surface area contributed by atoms with E-state index < -0.39 is 0 Å². The summed E-state index contributed by atoms with van der Waals surface area (Å²) in [6.07, 6.45) is 2.21. The lowest BCUT2D eigenvalue weighted by atomic mass is 10.0. The Morgan fingerprint density at radius 2 is 1.88 bits per heavy atom. The summed E-state index contributed by atoms with van der Waals surface area (Å²) in [7, 11) is 1.66. The van der Waals surface area contributed by atoms with E-state index in [0.29, 0.717) is 6.54 Å². The molecule has 0 saturated carbocycles. The van der Waals surface area contributed by atoms with Crippen molar-refractivity contribution in [2.75, 3.05) is 32.1 Å². The zero-order valence-electron chi connectivity index (χ0n) is 13.7. The van der Waals surface area contributed by atoms with Crippen molar-refractivity contribution in [2.45, 2.75) is 12.8 Å². The first-order chi connectivity index (χ1) is 11.7. The molecule has 0 spiro atoms. The Labute approximate surface area is 150 Å². The lowest BCUT2D eigenvalue weighted by molar-refractivity contribution is -0.128. The van der Waals surface area contributed by atoms with Crippen LogP contribution in [0.3, 0.4) is 0 Å². The minimum Gasteiger partial charge on any atom is -0.496 e. The fourth-order valence-electron chi connectivity index (χ4n) is 3.01. The van der Waals surface area contributed by atoms with Crippen molar-refractivity contribution < 1.29 is 9.53 Å². The molecule has 0 aliphatic carbocycles. The predicted octanol–water partition coefficient (Wildman–Crippen LogP) is 4.16.